The quantitative estimate of drug-likeness (QED) is 0.476. The van der Waals surface area contributed by atoms with Gasteiger partial charge in [-0.2, -0.15) is 0 Å². The number of ether oxygens (including phenoxy) is 1. The number of anilines is 1. The summed E-state index contributed by atoms with van der Waals surface area (Å²) in [6.45, 7) is 2.25. The predicted octanol–water partition coefficient (Wildman–Crippen LogP) is 5.31. The van der Waals surface area contributed by atoms with E-state index in [-0.39, 0.29) is 17.8 Å². The Bertz CT molecular complexity index is 1260. The molecule has 2 atom stereocenters. The van der Waals surface area contributed by atoms with Crippen LogP contribution in [0.3, 0.4) is 0 Å². The zero-order valence-corrected chi connectivity index (χ0v) is 20.7. The highest BCUT2D eigenvalue weighted by Gasteiger charge is 2.43. The van der Waals surface area contributed by atoms with Gasteiger partial charge in [-0.05, 0) is 77.7 Å². The molecule has 2 unspecified atom stereocenters. The Morgan fingerprint density at radius 3 is 2.74 bits per heavy atom. The lowest BCUT2D eigenvalue weighted by Crippen LogP contribution is -2.51. The van der Waals surface area contributed by atoms with Crippen molar-refractivity contribution in [1.29, 1.82) is 0 Å². The summed E-state index contributed by atoms with van der Waals surface area (Å²) < 4.78 is 32.4. The van der Waals surface area contributed by atoms with E-state index < -0.39 is 10.0 Å². The van der Waals surface area contributed by atoms with Gasteiger partial charge in [0.2, 0.25) is 10.0 Å². The van der Waals surface area contributed by atoms with E-state index in [1.165, 1.54) is 48.3 Å². The number of methoxy groups -OCH3 is 1. The SMILES string of the molecule is COCCS(=O)(=O)Nc1cccc(C23CCCC(C2)N(Cc2ccc4ccccc4c2)CC3)c1. The molecule has 1 aliphatic carbocycles. The van der Waals surface area contributed by atoms with Crippen molar-refractivity contribution in [1.82, 2.24) is 4.90 Å². The maximum atomic E-state index is 12.4. The van der Waals surface area contributed by atoms with Crippen LogP contribution < -0.4 is 4.72 Å². The van der Waals surface area contributed by atoms with Crippen molar-refractivity contribution in [2.45, 2.75) is 50.1 Å². The van der Waals surface area contributed by atoms with Gasteiger partial charge >= 0.3 is 0 Å². The van der Waals surface area contributed by atoms with Gasteiger partial charge in [0.1, 0.15) is 0 Å². The van der Waals surface area contributed by atoms with E-state index in [1.807, 2.05) is 12.1 Å². The summed E-state index contributed by atoms with van der Waals surface area (Å²) in [5.41, 5.74) is 3.44. The molecule has 0 amide bonds. The fourth-order valence-electron chi connectivity index (χ4n) is 5.93. The monoisotopic (exact) mass is 478 g/mol. The number of piperidine rings is 1. The minimum Gasteiger partial charge on any atom is -0.384 e. The Hall–Kier alpha value is -2.41. The third kappa shape index (κ3) is 4.99. The molecule has 2 fully saturated rings. The van der Waals surface area contributed by atoms with Crippen LogP contribution in [0.1, 0.15) is 43.2 Å². The highest BCUT2D eigenvalue weighted by Crippen LogP contribution is 2.47. The van der Waals surface area contributed by atoms with Crippen molar-refractivity contribution in [2.24, 2.45) is 0 Å². The number of sulfonamides is 1. The van der Waals surface area contributed by atoms with Crippen LogP contribution in [0.4, 0.5) is 5.69 Å². The van der Waals surface area contributed by atoms with Crippen molar-refractivity contribution >= 4 is 26.5 Å². The normalized spacial score (nSPS) is 23.1. The molecule has 2 bridgehead atoms. The van der Waals surface area contributed by atoms with Gasteiger partial charge in [-0.3, -0.25) is 9.62 Å². The molecule has 180 valence electrons. The van der Waals surface area contributed by atoms with E-state index in [2.05, 4.69) is 64.2 Å². The van der Waals surface area contributed by atoms with Crippen LogP contribution in [-0.2, 0) is 26.7 Å². The first-order valence-corrected chi connectivity index (χ1v) is 13.9. The van der Waals surface area contributed by atoms with E-state index in [9.17, 15) is 8.42 Å². The molecular formula is C28H34N2O3S. The van der Waals surface area contributed by atoms with Gasteiger partial charge in [-0.1, -0.05) is 55.0 Å². The summed E-state index contributed by atoms with van der Waals surface area (Å²) in [4.78, 5) is 2.67. The molecule has 5 rings (SSSR count). The third-order valence-electron chi connectivity index (χ3n) is 7.72. The first kappa shape index (κ1) is 23.3. The summed E-state index contributed by atoms with van der Waals surface area (Å²) in [5.74, 6) is -0.0370. The molecule has 1 heterocycles. The lowest BCUT2D eigenvalue weighted by atomic mass is 9.63. The standard InChI is InChI=1S/C28H34N2O3S/c1-33-16-17-34(31,32)29-26-9-4-8-25(19-26)28-13-5-10-27(20-28)30(15-14-28)21-22-11-12-23-6-2-3-7-24(23)18-22/h2-4,6-9,11-12,18-19,27,29H,5,10,13-17,20-21H2,1H3. The highest BCUT2D eigenvalue weighted by atomic mass is 32.2. The Labute approximate surface area is 203 Å². The molecule has 0 radical (unpaired) electrons. The van der Waals surface area contributed by atoms with E-state index in [1.54, 1.807) is 0 Å². The minimum absolute atomic E-state index is 0.0370. The largest absolute Gasteiger partial charge is 0.384 e. The van der Waals surface area contributed by atoms with Crippen LogP contribution in [0, 0.1) is 0 Å². The summed E-state index contributed by atoms with van der Waals surface area (Å²) in [6.07, 6.45) is 5.87. The molecule has 1 aliphatic heterocycles. The average molecular weight is 479 g/mol. The first-order chi connectivity index (χ1) is 16.5. The fraction of sp³-hybridized carbons (Fsp3) is 0.429. The topological polar surface area (TPSA) is 58.6 Å². The first-order valence-electron chi connectivity index (χ1n) is 12.3. The average Bonchev–Trinajstić information content (AvgIpc) is 2.85. The number of fused-ring (bicyclic) bond motifs is 3. The molecule has 3 aromatic rings. The highest BCUT2D eigenvalue weighted by molar-refractivity contribution is 7.92. The fourth-order valence-corrected chi connectivity index (χ4v) is 6.91. The van der Waals surface area contributed by atoms with E-state index in [4.69, 9.17) is 4.74 Å². The van der Waals surface area contributed by atoms with Crippen LogP contribution >= 0.6 is 0 Å². The Morgan fingerprint density at radius 1 is 1.03 bits per heavy atom. The zero-order valence-electron chi connectivity index (χ0n) is 19.9. The Balaban J connectivity index is 1.31. The molecule has 1 saturated heterocycles. The van der Waals surface area contributed by atoms with Crippen LogP contribution in [0.5, 0.6) is 0 Å². The molecule has 1 N–H and O–H groups in total. The smallest absolute Gasteiger partial charge is 0.234 e. The van der Waals surface area contributed by atoms with Crippen molar-refractivity contribution in [3.05, 3.63) is 77.9 Å². The van der Waals surface area contributed by atoms with Gasteiger partial charge in [0.05, 0.1) is 12.4 Å². The number of hydrogen-bond acceptors (Lipinski definition) is 4. The van der Waals surface area contributed by atoms with Gasteiger partial charge < -0.3 is 4.74 Å². The van der Waals surface area contributed by atoms with Crippen LogP contribution in [-0.4, -0.2) is 45.4 Å². The van der Waals surface area contributed by atoms with Crippen LogP contribution in [0.2, 0.25) is 0 Å². The second-order valence-corrected chi connectivity index (χ2v) is 11.8. The van der Waals surface area contributed by atoms with Crippen molar-refractivity contribution in [3.8, 4) is 0 Å². The summed E-state index contributed by atoms with van der Waals surface area (Å²) in [6, 6.07) is 24.0. The van der Waals surface area contributed by atoms with Crippen molar-refractivity contribution in [3.63, 3.8) is 0 Å². The summed E-state index contributed by atoms with van der Waals surface area (Å²) >= 11 is 0. The molecule has 34 heavy (non-hydrogen) atoms. The molecule has 1 saturated carbocycles. The lowest BCUT2D eigenvalue weighted by Gasteiger charge is -2.51. The molecular weight excluding hydrogens is 444 g/mol. The minimum atomic E-state index is -3.41. The second kappa shape index (κ2) is 9.68. The van der Waals surface area contributed by atoms with Gasteiger partial charge in [0.25, 0.3) is 0 Å². The van der Waals surface area contributed by atoms with Gasteiger partial charge in [-0.15, -0.1) is 0 Å². The van der Waals surface area contributed by atoms with Crippen LogP contribution in [0.25, 0.3) is 10.8 Å². The predicted molar refractivity (Wildman–Crippen MR) is 139 cm³/mol. The van der Waals surface area contributed by atoms with Gasteiger partial charge in [0.15, 0.2) is 0 Å². The number of rotatable bonds is 8. The zero-order chi connectivity index (χ0) is 23.6. The molecule has 6 heteroatoms. The Morgan fingerprint density at radius 2 is 1.88 bits per heavy atom. The number of hydrogen-bond donors (Lipinski definition) is 1. The van der Waals surface area contributed by atoms with E-state index in [0.29, 0.717) is 11.7 Å². The van der Waals surface area contributed by atoms with Gasteiger partial charge in [0, 0.05) is 25.4 Å². The second-order valence-electron chi connectivity index (χ2n) is 9.93. The molecule has 5 nitrogen and oxygen atoms in total. The number of nitrogens with one attached hydrogen (secondary N) is 1. The van der Waals surface area contributed by atoms with Gasteiger partial charge in [-0.25, -0.2) is 8.42 Å². The maximum absolute atomic E-state index is 12.4. The van der Waals surface area contributed by atoms with Crippen molar-refractivity contribution in [2.75, 3.05) is 30.7 Å². The molecule has 0 aromatic heterocycles. The lowest BCUT2D eigenvalue weighted by molar-refractivity contribution is 0.0459. The number of nitrogens with zero attached hydrogens (tertiary/aromatic N) is 1. The van der Waals surface area contributed by atoms with Crippen LogP contribution in [0.15, 0.2) is 66.7 Å². The summed E-state index contributed by atoms with van der Waals surface area (Å²) in [5, 5.41) is 2.60. The molecule has 0 spiro atoms. The number of likely N-dealkylation sites (tertiary alicyclic amines) is 1. The van der Waals surface area contributed by atoms with Crippen molar-refractivity contribution < 1.29 is 13.2 Å². The Kier molecular flexibility index (Phi) is 6.65. The molecule has 3 aromatic carbocycles. The van der Waals surface area contributed by atoms with E-state index in [0.717, 1.165) is 25.9 Å². The maximum Gasteiger partial charge on any atom is 0.234 e. The number of benzene rings is 3. The van der Waals surface area contributed by atoms with E-state index >= 15 is 0 Å². The summed E-state index contributed by atoms with van der Waals surface area (Å²) in [7, 11) is -1.89. The third-order valence-corrected chi connectivity index (χ3v) is 8.97. The molecule has 2 aliphatic rings.